The van der Waals surface area contributed by atoms with Gasteiger partial charge in [-0.3, -0.25) is 0 Å². The van der Waals surface area contributed by atoms with Crippen molar-refractivity contribution in [2.24, 2.45) is 0 Å². The van der Waals surface area contributed by atoms with E-state index in [0.29, 0.717) is 16.1 Å². The fraction of sp³-hybridized carbons (Fsp3) is 0.200. The van der Waals surface area contributed by atoms with Crippen LogP contribution in [0.2, 0.25) is 10.0 Å². The lowest BCUT2D eigenvalue weighted by atomic mass is 10.0. The fourth-order valence-corrected chi connectivity index (χ4v) is 2.40. The van der Waals surface area contributed by atoms with Gasteiger partial charge in [-0.1, -0.05) is 47.5 Å². The van der Waals surface area contributed by atoms with Gasteiger partial charge in [0.05, 0.1) is 23.3 Å². The van der Waals surface area contributed by atoms with Crippen LogP contribution in [0.5, 0.6) is 5.75 Å². The number of hydrogen-bond acceptors (Lipinski definition) is 2. The second kappa shape index (κ2) is 6.44. The van der Waals surface area contributed by atoms with Crippen LogP contribution in [0.1, 0.15) is 17.2 Å². The molecule has 20 heavy (non-hydrogen) atoms. The lowest BCUT2D eigenvalue weighted by Gasteiger charge is -2.15. The molecule has 0 fully saturated rings. The van der Waals surface area contributed by atoms with Crippen molar-refractivity contribution in [2.75, 3.05) is 7.11 Å². The van der Waals surface area contributed by atoms with Crippen LogP contribution < -0.4 is 4.74 Å². The SMILES string of the molecule is COc1cccc(CC(O)c2cccc(Cl)c2Cl)c1F. The molecule has 2 aromatic carbocycles. The van der Waals surface area contributed by atoms with E-state index < -0.39 is 11.9 Å². The van der Waals surface area contributed by atoms with Crippen molar-refractivity contribution in [3.63, 3.8) is 0 Å². The van der Waals surface area contributed by atoms with Gasteiger partial charge < -0.3 is 9.84 Å². The molecule has 1 unspecified atom stereocenters. The summed E-state index contributed by atoms with van der Waals surface area (Å²) in [6.07, 6.45) is -0.855. The summed E-state index contributed by atoms with van der Waals surface area (Å²) in [5, 5.41) is 10.9. The summed E-state index contributed by atoms with van der Waals surface area (Å²) in [5.41, 5.74) is 0.828. The van der Waals surface area contributed by atoms with Crippen LogP contribution in [0.3, 0.4) is 0 Å². The normalized spacial score (nSPS) is 12.2. The molecule has 1 atom stereocenters. The summed E-state index contributed by atoms with van der Waals surface area (Å²) >= 11 is 11.9. The van der Waals surface area contributed by atoms with Crippen molar-refractivity contribution in [2.45, 2.75) is 12.5 Å². The van der Waals surface area contributed by atoms with Gasteiger partial charge in [0.25, 0.3) is 0 Å². The molecule has 0 spiro atoms. The van der Waals surface area contributed by atoms with Crippen molar-refractivity contribution < 1.29 is 14.2 Å². The highest BCUT2D eigenvalue weighted by molar-refractivity contribution is 6.42. The first-order valence-corrected chi connectivity index (χ1v) is 6.73. The maximum Gasteiger partial charge on any atom is 0.168 e. The molecular formula is C15H13Cl2FO2. The molecule has 2 aromatic rings. The molecule has 0 aliphatic rings. The van der Waals surface area contributed by atoms with Gasteiger partial charge in [0.1, 0.15) is 0 Å². The highest BCUT2D eigenvalue weighted by atomic mass is 35.5. The summed E-state index contributed by atoms with van der Waals surface area (Å²) in [6, 6.07) is 9.78. The average Bonchev–Trinajstić information content (AvgIpc) is 2.44. The topological polar surface area (TPSA) is 29.5 Å². The largest absolute Gasteiger partial charge is 0.494 e. The molecule has 0 aliphatic heterocycles. The number of halogens is 3. The minimum Gasteiger partial charge on any atom is -0.494 e. The summed E-state index contributed by atoms with van der Waals surface area (Å²) in [6.45, 7) is 0. The summed E-state index contributed by atoms with van der Waals surface area (Å²) in [4.78, 5) is 0. The molecule has 2 nitrogen and oxygen atoms in total. The number of ether oxygens (including phenoxy) is 1. The number of aliphatic hydroxyl groups excluding tert-OH is 1. The van der Waals surface area contributed by atoms with E-state index in [2.05, 4.69) is 0 Å². The number of benzene rings is 2. The first kappa shape index (κ1) is 15.1. The monoisotopic (exact) mass is 314 g/mol. The average molecular weight is 315 g/mol. The van der Waals surface area contributed by atoms with E-state index in [0.717, 1.165) is 0 Å². The first-order chi connectivity index (χ1) is 9.54. The van der Waals surface area contributed by atoms with Gasteiger partial charge in [0.15, 0.2) is 11.6 Å². The summed E-state index contributed by atoms with van der Waals surface area (Å²) < 4.78 is 18.9. The molecule has 0 saturated heterocycles. The van der Waals surface area contributed by atoms with Crippen LogP contribution in [0, 0.1) is 5.82 Å². The van der Waals surface area contributed by atoms with Crippen molar-refractivity contribution in [1.29, 1.82) is 0 Å². The molecule has 106 valence electrons. The summed E-state index contributed by atoms with van der Waals surface area (Å²) in [7, 11) is 1.40. The van der Waals surface area contributed by atoms with E-state index in [4.69, 9.17) is 27.9 Å². The fourth-order valence-electron chi connectivity index (χ4n) is 1.97. The third kappa shape index (κ3) is 3.06. The highest BCUT2D eigenvalue weighted by Gasteiger charge is 2.17. The standard InChI is InChI=1S/C15H13Cl2FO2/c1-20-13-7-2-4-9(15(13)18)8-12(19)10-5-3-6-11(16)14(10)17/h2-7,12,19H,8H2,1H3. The molecular weight excluding hydrogens is 302 g/mol. The zero-order chi connectivity index (χ0) is 14.7. The quantitative estimate of drug-likeness (QED) is 0.905. The maximum absolute atomic E-state index is 14.0. The minimum atomic E-state index is -0.942. The Morgan fingerprint density at radius 1 is 1.20 bits per heavy atom. The minimum absolute atomic E-state index is 0.0864. The van der Waals surface area contributed by atoms with Gasteiger partial charge in [-0.05, 0) is 17.7 Å². The number of rotatable bonds is 4. The van der Waals surface area contributed by atoms with Crippen LogP contribution in [0.25, 0.3) is 0 Å². The van der Waals surface area contributed by atoms with E-state index >= 15 is 0 Å². The van der Waals surface area contributed by atoms with Crippen LogP contribution in [0.4, 0.5) is 4.39 Å². The molecule has 2 rings (SSSR count). The Morgan fingerprint density at radius 3 is 2.60 bits per heavy atom. The molecule has 0 radical (unpaired) electrons. The third-order valence-corrected chi connectivity index (χ3v) is 3.85. The molecule has 0 heterocycles. The molecule has 0 aliphatic carbocycles. The zero-order valence-electron chi connectivity index (χ0n) is 10.7. The lowest BCUT2D eigenvalue weighted by molar-refractivity contribution is 0.177. The molecule has 1 N–H and O–H groups in total. The predicted octanol–water partition coefficient (Wildman–Crippen LogP) is 4.42. The second-order valence-electron chi connectivity index (χ2n) is 4.30. The van der Waals surface area contributed by atoms with Gasteiger partial charge in [-0.2, -0.15) is 0 Å². The van der Waals surface area contributed by atoms with Gasteiger partial charge in [0.2, 0.25) is 0 Å². The van der Waals surface area contributed by atoms with Crippen LogP contribution >= 0.6 is 23.2 Å². The van der Waals surface area contributed by atoms with Crippen LogP contribution in [-0.2, 0) is 6.42 Å². The Hall–Kier alpha value is -1.29. The van der Waals surface area contributed by atoms with Gasteiger partial charge >= 0.3 is 0 Å². The third-order valence-electron chi connectivity index (χ3n) is 3.02. The first-order valence-electron chi connectivity index (χ1n) is 5.98. The maximum atomic E-state index is 14.0. The van der Waals surface area contributed by atoms with E-state index in [-0.39, 0.29) is 17.2 Å². The van der Waals surface area contributed by atoms with Crippen LogP contribution in [0.15, 0.2) is 36.4 Å². The van der Waals surface area contributed by atoms with Crippen molar-refractivity contribution >= 4 is 23.2 Å². The Balaban J connectivity index is 2.28. The zero-order valence-corrected chi connectivity index (χ0v) is 12.2. The molecule has 0 aromatic heterocycles. The van der Waals surface area contributed by atoms with Crippen LogP contribution in [-0.4, -0.2) is 12.2 Å². The Labute approximate surface area is 126 Å². The lowest BCUT2D eigenvalue weighted by Crippen LogP contribution is -2.05. The molecule has 0 amide bonds. The molecule has 0 bridgehead atoms. The number of aliphatic hydroxyl groups is 1. The van der Waals surface area contributed by atoms with Gasteiger partial charge in [0, 0.05) is 12.0 Å². The van der Waals surface area contributed by atoms with Gasteiger partial charge in [-0.15, -0.1) is 0 Å². The molecule has 0 saturated carbocycles. The Bertz CT molecular complexity index is 617. The van der Waals surface area contributed by atoms with E-state index in [1.54, 1.807) is 30.3 Å². The second-order valence-corrected chi connectivity index (χ2v) is 5.08. The highest BCUT2D eigenvalue weighted by Crippen LogP contribution is 2.32. The smallest absolute Gasteiger partial charge is 0.168 e. The van der Waals surface area contributed by atoms with Crippen molar-refractivity contribution in [1.82, 2.24) is 0 Å². The predicted molar refractivity (Wildman–Crippen MR) is 78.1 cm³/mol. The van der Waals surface area contributed by atoms with Crippen molar-refractivity contribution in [3.05, 3.63) is 63.4 Å². The molecule has 5 heteroatoms. The van der Waals surface area contributed by atoms with E-state index in [9.17, 15) is 9.50 Å². The number of hydrogen-bond donors (Lipinski definition) is 1. The van der Waals surface area contributed by atoms with E-state index in [1.807, 2.05) is 0 Å². The Morgan fingerprint density at radius 2 is 1.90 bits per heavy atom. The summed E-state index contributed by atoms with van der Waals surface area (Å²) in [5.74, 6) is -0.334. The Kier molecular flexibility index (Phi) is 4.86. The number of methoxy groups -OCH3 is 1. The van der Waals surface area contributed by atoms with E-state index in [1.165, 1.54) is 13.2 Å². The van der Waals surface area contributed by atoms with Crippen molar-refractivity contribution in [3.8, 4) is 5.75 Å². The van der Waals surface area contributed by atoms with Gasteiger partial charge in [-0.25, -0.2) is 4.39 Å².